The van der Waals surface area contributed by atoms with Crippen molar-refractivity contribution in [3.63, 3.8) is 0 Å². The van der Waals surface area contributed by atoms with Crippen LogP contribution in [0.1, 0.15) is 37.6 Å². The molecule has 2 rings (SSSR count). The summed E-state index contributed by atoms with van der Waals surface area (Å²) in [6.07, 6.45) is 1.89. The van der Waals surface area contributed by atoms with Gasteiger partial charge in [0.1, 0.15) is 6.04 Å². The van der Waals surface area contributed by atoms with Crippen LogP contribution in [0.15, 0.2) is 30.5 Å². The number of aliphatic carboxylic acids is 1. The Hall–Kier alpha value is -2.63. The minimum Gasteiger partial charge on any atom is -0.480 e. The van der Waals surface area contributed by atoms with Crippen LogP contribution in [0.4, 0.5) is 0 Å². The molecule has 0 radical (unpaired) electrons. The van der Waals surface area contributed by atoms with Gasteiger partial charge in [-0.2, -0.15) is 0 Å². The van der Waals surface area contributed by atoms with Crippen molar-refractivity contribution in [1.29, 1.82) is 0 Å². The molecule has 2 N–H and O–H groups in total. The third-order valence-electron chi connectivity index (χ3n) is 4.00. The van der Waals surface area contributed by atoms with Gasteiger partial charge in [-0.3, -0.25) is 9.59 Å². The van der Waals surface area contributed by atoms with Gasteiger partial charge in [0.25, 0.3) is 0 Å². The van der Waals surface area contributed by atoms with Gasteiger partial charge in [0.05, 0.1) is 0 Å². The van der Waals surface area contributed by atoms with E-state index in [-0.39, 0.29) is 24.0 Å². The predicted molar refractivity (Wildman–Crippen MR) is 91.0 cm³/mol. The first kappa shape index (κ1) is 17.7. The number of nitrogens with zero attached hydrogens (tertiary/aromatic N) is 1. The van der Waals surface area contributed by atoms with E-state index in [1.54, 1.807) is 20.0 Å². The Morgan fingerprint density at radius 2 is 1.88 bits per heavy atom. The van der Waals surface area contributed by atoms with Crippen molar-refractivity contribution in [1.82, 2.24) is 9.88 Å². The lowest BCUT2D eigenvalue weighted by atomic mass is 10.0. The highest BCUT2D eigenvalue weighted by Crippen LogP contribution is 2.22. The summed E-state index contributed by atoms with van der Waals surface area (Å²) in [5, 5.41) is 12.5. The molecular formula is C18H22N2O4. The molecule has 6 heteroatoms. The van der Waals surface area contributed by atoms with Gasteiger partial charge in [-0.25, -0.2) is 4.79 Å². The fourth-order valence-electron chi connectivity index (χ4n) is 2.69. The molecule has 0 bridgehead atoms. The van der Waals surface area contributed by atoms with Gasteiger partial charge in [0.2, 0.25) is 5.91 Å². The van der Waals surface area contributed by atoms with Gasteiger partial charge in [0.15, 0.2) is 5.78 Å². The number of aromatic nitrogens is 1. The average molecular weight is 330 g/mol. The van der Waals surface area contributed by atoms with Crippen LogP contribution in [0.25, 0.3) is 10.9 Å². The predicted octanol–water partition coefficient (Wildman–Crippen LogP) is 2.46. The second-order valence-electron chi connectivity index (χ2n) is 6.19. The first-order valence-electron chi connectivity index (χ1n) is 7.92. The van der Waals surface area contributed by atoms with E-state index < -0.39 is 12.0 Å². The number of hydrogen-bond acceptors (Lipinski definition) is 3. The Balaban J connectivity index is 2.12. The highest BCUT2D eigenvalue weighted by Gasteiger charge is 2.23. The molecule has 128 valence electrons. The van der Waals surface area contributed by atoms with E-state index in [1.165, 1.54) is 6.92 Å². The molecule has 1 aromatic carbocycles. The van der Waals surface area contributed by atoms with E-state index in [2.05, 4.69) is 5.32 Å². The van der Waals surface area contributed by atoms with Crippen molar-refractivity contribution in [2.75, 3.05) is 0 Å². The van der Waals surface area contributed by atoms with Crippen molar-refractivity contribution in [3.05, 3.63) is 36.0 Å². The second kappa shape index (κ2) is 7.29. The molecule has 0 saturated heterocycles. The standard InChI is InChI=1S/C18H22N2O4/c1-11(2)17(18(23)24)19-16(22)8-9-20-10-14(12(3)21)13-6-4-5-7-15(13)20/h4-7,10-11,17H,8-9H2,1-3H3,(H,19,22)(H,23,24)/t17-/m0/s1. The lowest BCUT2D eigenvalue weighted by Gasteiger charge is -2.18. The van der Waals surface area contributed by atoms with Crippen LogP contribution in [-0.2, 0) is 16.1 Å². The maximum absolute atomic E-state index is 12.1. The fourth-order valence-corrected chi connectivity index (χ4v) is 2.69. The van der Waals surface area contributed by atoms with Gasteiger partial charge in [-0.05, 0) is 18.9 Å². The third-order valence-corrected chi connectivity index (χ3v) is 4.00. The molecule has 6 nitrogen and oxygen atoms in total. The van der Waals surface area contributed by atoms with Gasteiger partial charge in [-0.1, -0.05) is 32.0 Å². The zero-order valence-corrected chi connectivity index (χ0v) is 14.1. The number of para-hydroxylation sites is 1. The van der Waals surface area contributed by atoms with Crippen molar-refractivity contribution < 1.29 is 19.5 Å². The SMILES string of the molecule is CC(=O)c1cn(CCC(=O)N[C@H](C(=O)O)C(C)C)c2ccccc12. The number of Topliss-reactive ketones (excluding diaryl/α,β-unsaturated/α-hetero) is 1. The van der Waals surface area contributed by atoms with Crippen molar-refractivity contribution in [2.24, 2.45) is 5.92 Å². The molecule has 0 aliphatic rings. The molecule has 24 heavy (non-hydrogen) atoms. The second-order valence-corrected chi connectivity index (χ2v) is 6.19. The van der Waals surface area contributed by atoms with Gasteiger partial charge < -0.3 is 15.0 Å². The molecule has 0 unspecified atom stereocenters. The minimum atomic E-state index is -1.04. The van der Waals surface area contributed by atoms with Crippen molar-refractivity contribution in [2.45, 2.75) is 39.8 Å². The number of ketones is 1. The summed E-state index contributed by atoms with van der Waals surface area (Å²) < 4.78 is 1.86. The molecule has 0 fully saturated rings. The molecular weight excluding hydrogens is 308 g/mol. The maximum atomic E-state index is 12.1. The average Bonchev–Trinajstić information content (AvgIpc) is 2.89. The Kier molecular flexibility index (Phi) is 5.39. The summed E-state index contributed by atoms with van der Waals surface area (Å²) in [7, 11) is 0. The first-order valence-corrected chi connectivity index (χ1v) is 7.92. The zero-order valence-electron chi connectivity index (χ0n) is 14.1. The highest BCUT2D eigenvalue weighted by atomic mass is 16.4. The number of fused-ring (bicyclic) bond motifs is 1. The summed E-state index contributed by atoms with van der Waals surface area (Å²) in [5.41, 5.74) is 1.51. The number of aryl methyl sites for hydroxylation is 1. The van der Waals surface area contributed by atoms with E-state index in [4.69, 9.17) is 5.11 Å². The summed E-state index contributed by atoms with van der Waals surface area (Å²) in [4.78, 5) is 35.0. The number of hydrogen-bond donors (Lipinski definition) is 2. The quantitative estimate of drug-likeness (QED) is 0.763. The third kappa shape index (κ3) is 3.82. The lowest BCUT2D eigenvalue weighted by molar-refractivity contribution is -0.143. The minimum absolute atomic E-state index is 0.0276. The van der Waals surface area contributed by atoms with Gasteiger partial charge >= 0.3 is 5.97 Å². The molecule has 1 amide bonds. The molecule has 1 atom stereocenters. The number of carbonyl (C=O) groups excluding carboxylic acids is 2. The van der Waals surface area contributed by atoms with Crippen LogP contribution in [0.5, 0.6) is 0 Å². The van der Waals surface area contributed by atoms with E-state index in [1.807, 2.05) is 28.8 Å². The monoisotopic (exact) mass is 330 g/mol. The van der Waals surface area contributed by atoms with Crippen LogP contribution in [0.3, 0.4) is 0 Å². The Morgan fingerprint density at radius 3 is 2.46 bits per heavy atom. The number of benzene rings is 1. The Morgan fingerprint density at radius 1 is 1.21 bits per heavy atom. The van der Waals surface area contributed by atoms with E-state index >= 15 is 0 Å². The molecule has 2 aromatic rings. The number of carboxylic acids is 1. The number of carboxylic acid groups (broad SMARTS) is 1. The van der Waals surface area contributed by atoms with E-state index in [0.717, 1.165) is 10.9 Å². The van der Waals surface area contributed by atoms with Gasteiger partial charge in [-0.15, -0.1) is 0 Å². The van der Waals surface area contributed by atoms with Gasteiger partial charge in [0, 0.05) is 35.6 Å². The highest BCUT2D eigenvalue weighted by molar-refractivity contribution is 6.07. The summed E-state index contributed by atoms with van der Waals surface area (Å²) in [6, 6.07) is 6.62. The van der Waals surface area contributed by atoms with Crippen molar-refractivity contribution >= 4 is 28.6 Å². The number of amides is 1. The molecule has 1 heterocycles. The van der Waals surface area contributed by atoms with Crippen LogP contribution in [0.2, 0.25) is 0 Å². The normalized spacial score (nSPS) is 12.3. The molecule has 0 aliphatic heterocycles. The molecule has 1 aromatic heterocycles. The van der Waals surface area contributed by atoms with Crippen LogP contribution >= 0.6 is 0 Å². The largest absolute Gasteiger partial charge is 0.480 e. The van der Waals surface area contributed by atoms with Crippen LogP contribution in [0, 0.1) is 5.92 Å². The fraction of sp³-hybridized carbons (Fsp3) is 0.389. The van der Waals surface area contributed by atoms with Crippen molar-refractivity contribution in [3.8, 4) is 0 Å². The van der Waals surface area contributed by atoms with E-state index in [0.29, 0.717) is 12.1 Å². The molecule has 0 spiro atoms. The Labute approximate surface area is 140 Å². The first-order chi connectivity index (χ1) is 11.3. The number of rotatable bonds is 7. The summed E-state index contributed by atoms with van der Waals surface area (Å²) in [5.74, 6) is -1.58. The zero-order chi connectivity index (χ0) is 17.9. The smallest absolute Gasteiger partial charge is 0.326 e. The Bertz CT molecular complexity index is 776. The summed E-state index contributed by atoms with van der Waals surface area (Å²) >= 11 is 0. The molecule has 0 saturated carbocycles. The topological polar surface area (TPSA) is 88.4 Å². The number of carbonyl (C=O) groups is 3. The lowest BCUT2D eigenvalue weighted by Crippen LogP contribution is -2.44. The van der Waals surface area contributed by atoms with E-state index in [9.17, 15) is 14.4 Å². The number of nitrogens with one attached hydrogen (secondary N) is 1. The molecule has 0 aliphatic carbocycles. The van der Waals surface area contributed by atoms with Crippen LogP contribution in [-0.4, -0.2) is 33.4 Å². The maximum Gasteiger partial charge on any atom is 0.326 e. The summed E-state index contributed by atoms with van der Waals surface area (Å²) in [6.45, 7) is 5.39. The van der Waals surface area contributed by atoms with Crippen LogP contribution < -0.4 is 5.32 Å².